The minimum atomic E-state index is 0.158. The highest BCUT2D eigenvalue weighted by Gasteiger charge is 2.15. The Balaban J connectivity index is 2.23. The molecule has 0 aliphatic heterocycles. The van der Waals surface area contributed by atoms with Crippen molar-refractivity contribution in [2.45, 2.75) is 12.5 Å². The minimum Gasteiger partial charge on any atom is -0.496 e. The number of rotatable bonds is 5. The van der Waals surface area contributed by atoms with E-state index in [4.69, 9.17) is 4.74 Å². The molecule has 0 aliphatic carbocycles. The SMILES string of the molecule is CNC(Cc1ccc(OC)c(Br)c1)c1ncccc1Br. The Morgan fingerprint density at radius 1 is 1.25 bits per heavy atom. The summed E-state index contributed by atoms with van der Waals surface area (Å²) < 4.78 is 7.24. The number of likely N-dealkylation sites (N-methyl/N-ethyl adjacent to an activating group) is 1. The van der Waals surface area contributed by atoms with Crippen LogP contribution >= 0.6 is 31.9 Å². The van der Waals surface area contributed by atoms with Gasteiger partial charge in [-0.15, -0.1) is 0 Å². The van der Waals surface area contributed by atoms with Crippen molar-refractivity contribution in [1.82, 2.24) is 10.3 Å². The second kappa shape index (κ2) is 7.20. The summed E-state index contributed by atoms with van der Waals surface area (Å²) in [5.74, 6) is 0.841. The average Bonchev–Trinajstić information content (AvgIpc) is 2.46. The van der Waals surface area contributed by atoms with Crippen molar-refractivity contribution in [2.24, 2.45) is 0 Å². The van der Waals surface area contributed by atoms with Gasteiger partial charge in [0.2, 0.25) is 0 Å². The van der Waals surface area contributed by atoms with Crippen LogP contribution in [0.1, 0.15) is 17.3 Å². The van der Waals surface area contributed by atoms with Gasteiger partial charge in [0.1, 0.15) is 5.75 Å². The summed E-state index contributed by atoms with van der Waals surface area (Å²) >= 11 is 7.08. The summed E-state index contributed by atoms with van der Waals surface area (Å²) in [5.41, 5.74) is 2.23. The number of hydrogen-bond donors (Lipinski definition) is 1. The second-order valence-corrected chi connectivity index (χ2v) is 6.09. The molecule has 0 fully saturated rings. The number of nitrogens with one attached hydrogen (secondary N) is 1. The van der Waals surface area contributed by atoms with Gasteiger partial charge in [0.25, 0.3) is 0 Å². The van der Waals surface area contributed by atoms with E-state index in [1.807, 2.05) is 31.4 Å². The maximum absolute atomic E-state index is 5.25. The van der Waals surface area contributed by atoms with Gasteiger partial charge in [-0.25, -0.2) is 0 Å². The summed E-state index contributed by atoms with van der Waals surface area (Å²) in [4.78, 5) is 4.46. The molecule has 0 radical (unpaired) electrons. The fourth-order valence-electron chi connectivity index (χ4n) is 2.06. The number of aromatic nitrogens is 1. The van der Waals surface area contributed by atoms with Crippen LogP contribution in [0.4, 0.5) is 0 Å². The van der Waals surface area contributed by atoms with E-state index in [1.165, 1.54) is 5.56 Å². The molecule has 0 aliphatic rings. The Bertz CT molecular complexity index is 590. The fraction of sp³-hybridized carbons (Fsp3) is 0.267. The summed E-state index contributed by atoms with van der Waals surface area (Å²) in [5, 5.41) is 3.32. The molecule has 3 nitrogen and oxygen atoms in total. The van der Waals surface area contributed by atoms with Crippen LogP contribution in [0.3, 0.4) is 0 Å². The third-order valence-electron chi connectivity index (χ3n) is 3.12. The van der Waals surface area contributed by atoms with Gasteiger partial charge >= 0.3 is 0 Å². The Kier molecular flexibility index (Phi) is 5.57. The number of pyridine rings is 1. The van der Waals surface area contributed by atoms with Crippen LogP contribution in [0.2, 0.25) is 0 Å². The summed E-state index contributed by atoms with van der Waals surface area (Å²) in [6.45, 7) is 0. The summed E-state index contributed by atoms with van der Waals surface area (Å²) in [6, 6.07) is 10.2. The molecule has 1 aromatic carbocycles. The lowest BCUT2D eigenvalue weighted by molar-refractivity contribution is 0.412. The first-order valence-electron chi connectivity index (χ1n) is 6.25. The van der Waals surface area contributed by atoms with Crippen molar-refractivity contribution >= 4 is 31.9 Å². The maximum atomic E-state index is 5.25. The van der Waals surface area contributed by atoms with E-state index in [9.17, 15) is 0 Å². The lowest BCUT2D eigenvalue weighted by Crippen LogP contribution is -2.20. The molecule has 0 spiro atoms. The van der Waals surface area contributed by atoms with Gasteiger partial charge in [-0.2, -0.15) is 0 Å². The standard InChI is InChI=1S/C15H16Br2N2O/c1-18-13(15-11(16)4-3-7-19-15)9-10-5-6-14(20-2)12(17)8-10/h3-8,13,18H,9H2,1-2H3. The second-order valence-electron chi connectivity index (χ2n) is 4.38. The van der Waals surface area contributed by atoms with Crippen LogP contribution in [0.5, 0.6) is 5.75 Å². The zero-order valence-corrected chi connectivity index (χ0v) is 14.5. The highest BCUT2D eigenvalue weighted by molar-refractivity contribution is 9.10. The average molecular weight is 400 g/mol. The van der Waals surface area contributed by atoms with Crippen molar-refractivity contribution in [3.63, 3.8) is 0 Å². The summed E-state index contributed by atoms with van der Waals surface area (Å²) in [6.07, 6.45) is 2.67. The predicted octanol–water partition coefficient (Wildman–Crippen LogP) is 4.12. The molecule has 5 heteroatoms. The number of hydrogen-bond acceptors (Lipinski definition) is 3. The van der Waals surface area contributed by atoms with Crippen molar-refractivity contribution in [3.05, 3.63) is 56.7 Å². The molecule has 1 aromatic heterocycles. The van der Waals surface area contributed by atoms with Gasteiger partial charge in [0.15, 0.2) is 0 Å². The van der Waals surface area contributed by atoms with Gasteiger partial charge in [0, 0.05) is 10.7 Å². The highest BCUT2D eigenvalue weighted by Crippen LogP contribution is 2.29. The van der Waals surface area contributed by atoms with E-state index < -0.39 is 0 Å². The number of nitrogens with zero attached hydrogens (tertiary/aromatic N) is 1. The Hall–Kier alpha value is -0.910. The molecule has 1 unspecified atom stereocenters. The molecule has 20 heavy (non-hydrogen) atoms. The van der Waals surface area contributed by atoms with Crippen molar-refractivity contribution in [3.8, 4) is 5.75 Å². The molecule has 106 valence electrons. The van der Waals surface area contributed by atoms with E-state index in [1.54, 1.807) is 7.11 Å². The van der Waals surface area contributed by atoms with Crippen LogP contribution < -0.4 is 10.1 Å². The van der Waals surface area contributed by atoms with Crippen LogP contribution in [-0.2, 0) is 6.42 Å². The van der Waals surface area contributed by atoms with Crippen LogP contribution in [0, 0.1) is 0 Å². The lowest BCUT2D eigenvalue weighted by Gasteiger charge is -2.17. The van der Waals surface area contributed by atoms with E-state index in [-0.39, 0.29) is 6.04 Å². The first kappa shape index (κ1) is 15.5. The van der Waals surface area contributed by atoms with Crippen LogP contribution in [0.25, 0.3) is 0 Å². The van der Waals surface area contributed by atoms with E-state index >= 15 is 0 Å². The molecule has 0 bridgehead atoms. The molecule has 1 heterocycles. The monoisotopic (exact) mass is 398 g/mol. The molecule has 0 saturated carbocycles. The van der Waals surface area contributed by atoms with Gasteiger partial charge in [-0.3, -0.25) is 4.98 Å². The van der Waals surface area contributed by atoms with Gasteiger partial charge in [0.05, 0.1) is 23.3 Å². The molecule has 2 aromatic rings. The van der Waals surface area contributed by atoms with Crippen molar-refractivity contribution in [1.29, 1.82) is 0 Å². The molecule has 2 rings (SSSR count). The number of methoxy groups -OCH3 is 1. The van der Waals surface area contributed by atoms with Gasteiger partial charge in [-0.05, 0) is 75.2 Å². The predicted molar refractivity (Wildman–Crippen MR) is 88.1 cm³/mol. The number of ether oxygens (including phenoxy) is 1. The molecule has 1 N–H and O–H groups in total. The molecular weight excluding hydrogens is 384 g/mol. The first-order chi connectivity index (χ1) is 9.65. The number of benzene rings is 1. The van der Waals surface area contributed by atoms with Crippen LogP contribution in [0.15, 0.2) is 45.5 Å². The largest absolute Gasteiger partial charge is 0.496 e. The Morgan fingerprint density at radius 3 is 2.65 bits per heavy atom. The molecule has 0 amide bonds. The smallest absolute Gasteiger partial charge is 0.133 e. The topological polar surface area (TPSA) is 34.1 Å². The normalized spacial score (nSPS) is 12.2. The van der Waals surface area contributed by atoms with Gasteiger partial charge in [-0.1, -0.05) is 6.07 Å². The van der Waals surface area contributed by atoms with E-state index in [2.05, 4.69) is 54.3 Å². The quantitative estimate of drug-likeness (QED) is 0.821. The van der Waals surface area contributed by atoms with Crippen molar-refractivity contribution in [2.75, 3.05) is 14.2 Å². The molecule has 0 saturated heterocycles. The number of halogens is 2. The first-order valence-corrected chi connectivity index (χ1v) is 7.84. The van der Waals surface area contributed by atoms with Gasteiger partial charge < -0.3 is 10.1 Å². The summed E-state index contributed by atoms with van der Waals surface area (Å²) in [7, 11) is 3.62. The third kappa shape index (κ3) is 3.59. The van der Waals surface area contributed by atoms with Crippen molar-refractivity contribution < 1.29 is 4.74 Å². The Morgan fingerprint density at radius 2 is 2.05 bits per heavy atom. The fourth-order valence-corrected chi connectivity index (χ4v) is 3.18. The maximum Gasteiger partial charge on any atom is 0.133 e. The minimum absolute atomic E-state index is 0.158. The highest BCUT2D eigenvalue weighted by atomic mass is 79.9. The lowest BCUT2D eigenvalue weighted by atomic mass is 10.0. The van der Waals surface area contributed by atoms with E-state index in [0.29, 0.717) is 0 Å². The Labute approximate surface area is 136 Å². The zero-order valence-electron chi connectivity index (χ0n) is 11.4. The zero-order chi connectivity index (χ0) is 14.5. The van der Waals surface area contributed by atoms with E-state index in [0.717, 1.165) is 26.8 Å². The molecular formula is C15H16Br2N2O. The van der Waals surface area contributed by atoms with Crippen LogP contribution in [-0.4, -0.2) is 19.1 Å². The molecule has 1 atom stereocenters. The third-order valence-corrected chi connectivity index (χ3v) is 4.41.